The SMILES string of the molecule is C=CCNC(=O)CSc1nc2sc3c(c2c(=O)n1CC)CCC3. The Morgan fingerprint density at radius 1 is 1.52 bits per heavy atom. The first-order valence-electron chi connectivity index (χ1n) is 7.71. The van der Waals surface area contributed by atoms with E-state index in [-0.39, 0.29) is 17.2 Å². The molecule has 122 valence electrons. The number of aromatic nitrogens is 2. The zero-order valence-electron chi connectivity index (χ0n) is 13.1. The zero-order chi connectivity index (χ0) is 16.4. The minimum atomic E-state index is -0.0828. The molecule has 0 saturated carbocycles. The molecule has 0 unspecified atom stereocenters. The van der Waals surface area contributed by atoms with Crippen molar-refractivity contribution in [1.29, 1.82) is 0 Å². The predicted octanol–water partition coefficient (Wildman–Crippen LogP) is 2.36. The van der Waals surface area contributed by atoms with Gasteiger partial charge in [0.25, 0.3) is 5.56 Å². The molecule has 0 aliphatic heterocycles. The molecule has 2 heterocycles. The molecule has 5 nitrogen and oxygen atoms in total. The minimum absolute atomic E-state index is 0.0332. The van der Waals surface area contributed by atoms with E-state index in [0.29, 0.717) is 18.2 Å². The Labute approximate surface area is 142 Å². The van der Waals surface area contributed by atoms with E-state index in [9.17, 15) is 9.59 Å². The van der Waals surface area contributed by atoms with Crippen LogP contribution in [-0.2, 0) is 24.2 Å². The maximum atomic E-state index is 12.8. The van der Waals surface area contributed by atoms with E-state index in [1.165, 1.54) is 22.2 Å². The number of fused-ring (bicyclic) bond motifs is 3. The Balaban J connectivity index is 1.93. The number of nitrogens with one attached hydrogen (secondary N) is 1. The maximum Gasteiger partial charge on any atom is 0.263 e. The summed E-state index contributed by atoms with van der Waals surface area (Å²) in [6.45, 7) is 6.51. The van der Waals surface area contributed by atoms with Gasteiger partial charge in [-0.05, 0) is 31.7 Å². The fourth-order valence-corrected chi connectivity index (χ4v) is 5.01. The summed E-state index contributed by atoms with van der Waals surface area (Å²) in [5, 5.41) is 4.15. The summed E-state index contributed by atoms with van der Waals surface area (Å²) in [6.07, 6.45) is 4.80. The highest BCUT2D eigenvalue weighted by Gasteiger charge is 2.23. The van der Waals surface area contributed by atoms with Crippen molar-refractivity contribution in [2.24, 2.45) is 0 Å². The van der Waals surface area contributed by atoms with Crippen molar-refractivity contribution in [3.8, 4) is 0 Å². The van der Waals surface area contributed by atoms with Crippen LogP contribution in [0.15, 0.2) is 22.6 Å². The van der Waals surface area contributed by atoms with Crippen LogP contribution in [0.25, 0.3) is 10.2 Å². The van der Waals surface area contributed by atoms with Crippen molar-refractivity contribution < 1.29 is 4.79 Å². The van der Waals surface area contributed by atoms with Crippen LogP contribution in [-0.4, -0.2) is 27.8 Å². The Morgan fingerprint density at radius 3 is 3.09 bits per heavy atom. The molecule has 1 aliphatic carbocycles. The lowest BCUT2D eigenvalue weighted by Gasteiger charge is -2.10. The van der Waals surface area contributed by atoms with Crippen LogP contribution in [0.5, 0.6) is 0 Å². The maximum absolute atomic E-state index is 12.8. The van der Waals surface area contributed by atoms with E-state index in [0.717, 1.165) is 29.5 Å². The van der Waals surface area contributed by atoms with Crippen molar-refractivity contribution in [3.05, 3.63) is 33.4 Å². The first kappa shape index (κ1) is 16.3. The molecular weight excluding hydrogens is 330 g/mol. The number of amides is 1. The molecule has 1 N–H and O–H groups in total. The summed E-state index contributed by atoms with van der Waals surface area (Å²) in [5.74, 6) is 0.164. The molecule has 0 fully saturated rings. The largest absolute Gasteiger partial charge is 0.352 e. The van der Waals surface area contributed by atoms with Crippen LogP contribution in [0.2, 0.25) is 0 Å². The summed E-state index contributed by atoms with van der Waals surface area (Å²) < 4.78 is 1.68. The molecule has 7 heteroatoms. The number of nitrogens with zero attached hydrogens (tertiary/aromatic N) is 2. The summed E-state index contributed by atoms with van der Waals surface area (Å²) >= 11 is 2.94. The molecule has 2 aromatic heterocycles. The first-order chi connectivity index (χ1) is 11.2. The van der Waals surface area contributed by atoms with Gasteiger partial charge in [0.2, 0.25) is 5.91 Å². The normalized spacial score (nSPS) is 13.3. The molecule has 0 spiro atoms. The van der Waals surface area contributed by atoms with Crippen molar-refractivity contribution in [1.82, 2.24) is 14.9 Å². The highest BCUT2D eigenvalue weighted by molar-refractivity contribution is 7.99. The second-order valence-electron chi connectivity index (χ2n) is 5.36. The van der Waals surface area contributed by atoms with E-state index in [4.69, 9.17) is 0 Å². The number of thiophene rings is 1. The lowest BCUT2D eigenvalue weighted by Crippen LogP contribution is -2.26. The highest BCUT2D eigenvalue weighted by atomic mass is 32.2. The van der Waals surface area contributed by atoms with Crippen molar-refractivity contribution in [3.63, 3.8) is 0 Å². The van der Waals surface area contributed by atoms with Crippen molar-refractivity contribution in [2.75, 3.05) is 12.3 Å². The fourth-order valence-electron chi connectivity index (χ4n) is 2.81. The third-order valence-corrected chi connectivity index (χ3v) is 6.04. The first-order valence-corrected chi connectivity index (χ1v) is 9.51. The molecule has 2 aromatic rings. The van der Waals surface area contributed by atoms with Crippen LogP contribution in [0.4, 0.5) is 0 Å². The van der Waals surface area contributed by atoms with Gasteiger partial charge in [-0.25, -0.2) is 4.98 Å². The molecule has 3 rings (SSSR count). The molecule has 0 atom stereocenters. The van der Waals surface area contributed by atoms with Crippen LogP contribution in [0, 0.1) is 0 Å². The number of hydrogen-bond acceptors (Lipinski definition) is 5. The van der Waals surface area contributed by atoms with Gasteiger partial charge in [0.1, 0.15) is 4.83 Å². The number of aryl methyl sites for hydroxylation is 2. The number of carbonyl (C=O) groups excluding carboxylic acids is 1. The standard InChI is InChI=1S/C16H19N3O2S2/c1-3-8-17-12(20)9-22-16-18-14-13(15(21)19(16)4-2)10-6-5-7-11(10)23-14/h3H,1,4-9H2,2H3,(H,17,20). The summed E-state index contributed by atoms with van der Waals surface area (Å²) in [7, 11) is 0. The summed E-state index contributed by atoms with van der Waals surface area (Å²) in [5.41, 5.74) is 1.23. The van der Waals surface area contributed by atoms with Crippen molar-refractivity contribution >= 4 is 39.2 Å². The van der Waals surface area contributed by atoms with Gasteiger partial charge in [-0.2, -0.15) is 0 Å². The fraction of sp³-hybridized carbons (Fsp3) is 0.438. The quantitative estimate of drug-likeness (QED) is 0.494. The molecule has 1 aliphatic rings. The zero-order valence-corrected chi connectivity index (χ0v) is 14.7. The topological polar surface area (TPSA) is 64.0 Å². The van der Waals surface area contributed by atoms with Gasteiger partial charge in [0.05, 0.1) is 11.1 Å². The minimum Gasteiger partial charge on any atom is -0.352 e. The van der Waals surface area contributed by atoms with Gasteiger partial charge >= 0.3 is 0 Å². The third-order valence-electron chi connectivity index (χ3n) is 3.88. The Morgan fingerprint density at radius 2 is 2.35 bits per heavy atom. The molecule has 1 amide bonds. The molecule has 0 aromatic carbocycles. The highest BCUT2D eigenvalue weighted by Crippen LogP contribution is 2.35. The molecule has 23 heavy (non-hydrogen) atoms. The van der Waals surface area contributed by atoms with Gasteiger partial charge < -0.3 is 5.32 Å². The van der Waals surface area contributed by atoms with Crippen LogP contribution >= 0.6 is 23.1 Å². The van der Waals surface area contributed by atoms with Gasteiger partial charge in [-0.15, -0.1) is 17.9 Å². The van der Waals surface area contributed by atoms with Crippen molar-refractivity contribution in [2.45, 2.75) is 37.9 Å². The third kappa shape index (κ3) is 3.07. The van der Waals surface area contributed by atoms with Crippen LogP contribution < -0.4 is 10.9 Å². The smallest absolute Gasteiger partial charge is 0.263 e. The second-order valence-corrected chi connectivity index (χ2v) is 7.39. The number of carbonyl (C=O) groups is 1. The van der Waals surface area contributed by atoms with Gasteiger partial charge in [-0.1, -0.05) is 17.8 Å². The summed E-state index contributed by atoms with van der Waals surface area (Å²) in [4.78, 5) is 31.4. The average Bonchev–Trinajstić information content (AvgIpc) is 3.11. The second kappa shape index (κ2) is 6.88. The van der Waals surface area contributed by atoms with Gasteiger partial charge in [0.15, 0.2) is 5.16 Å². The molecule has 0 saturated heterocycles. The monoisotopic (exact) mass is 349 g/mol. The molecule has 0 radical (unpaired) electrons. The number of rotatable bonds is 6. The Bertz CT molecular complexity index is 823. The van der Waals surface area contributed by atoms with E-state index in [2.05, 4.69) is 16.9 Å². The van der Waals surface area contributed by atoms with Crippen LogP contribution in [0.3, 0.4) is 0 Å². The number of thioether (sulfide) groups is 1. The van der Waals surface area contributed by atoms with E-state index in [1.54, 1.807) is 22.0 Å². The Kier molecular flexibility index (Phi) is 4.87. The average molecular weight is 349 g/mol. The molecule has 0 bridgehead atoms. The lowest BCUT2D eigenvalue weighted by atomic mass is 10.2. The van der Waals surface area contributed by atoms with Crippen LogP contribution in [0.1, 0.15) is 23.8 Å². The van der Waals surface area contributed by atoms with E-state index in [1.807, 2.05) is 6.92 Å². The Hall–Kier alpha value is -1.60. The summed E-state index contributed by atoms with van der Waals surface area (Å²) in [6, 6.07) is 0. The van der Waals surface area contributed by atoms with Gasteiger partial charge in [-0.3, -0.25) is 14.2 Å². The molecular formula is C16H19N3O2S2. The number of hydrogen-bond donors (Lipinski definition) is 1. The lowest BCUT2D eigenvalue weighted by molar-refractivity contribution is -0.118. The predicted molar refractivity (Wildman–Crippen MR) is 95.5 cm³/mol. The van der Waals surface area contributed by atoms with E-state index < -0.39 is 0 Å². The van der Waals surface area contributed by atoms with Gasteiger partial charge in [0, 0.05) is 18.0 Å². The van der Waals surface area contributed by atoms with E-state index >= 15 is 0 Å².